The average Bonchev–Trinajstić information content (AvgIpc) is 3.22. The minimum atomic E-state index is -0.358. The van der Waals surface area contributed by atoms with Crippen LogP contribution in [-0.2, 0) is 0 Å². The zero-order valence-electron chi connectivity index (χ0n) is 13.2. The largest absolute Gasteiger partial charge is 0.330 e. The Hall–Kier alpha value is -2.96. The summed E-state index contributed by atoms with van der Waals surface area (Å²) in [7, 11) is 0. The molecule has 24 heavy (non-hydrogen) atoms. The van der Waals surface area contributed by atoms with Crippen LogP contribution in [0.3, 0.4) is 0 Å². The van der Waals surface area contributed by atoms with Crippen molar-refractivity contribution < 1.29 is 4.79 Å². The molecule has 0 saturated carbocycles. The van der Waals surface area contributed by atoms with Crippen LogP contribution >= 0.6 is 0 Å². The summed E-state index contributed by atoms with van der Waals surface area (Å²) in [5, 5.41) is 6.89. The predicted molar refractivity (Wildman–Crippen MR) is 88.7 cm³/mol. The number of nitrogens with zero attached hydrogens (tertiary/aromatic N) is 3. The number of hydrogen-bond donors (Lipinski definition) is 2. The normalized spacial score (nSPS) is 17.5. The molecule has 1 aliphatic rings. The molecule has 122 valence electrons. The second-order valence-corrected chi connectivity index (χ2v) is 6.10. The highest BCUT2D eigenvalue weighted by Crippen LogP contribution is 2.33. The van der Waals surface area contributed by atoms with Gasteiger partial charge in [-0.1, -0.05) is 29.8 Å². The number of nitrogens with one attached hydrogen (secondary N) is 2. The molecule has 0 radical (unpaired) electrons. The fourth-order valence-corrected chi connectivity index (χ4v) is 3.40. The van der Waals surface area contributed by atoms with Crippen LogP contribution in [0, 0.1) is 6.92 Å². The summed E-state index contributed by atoms with van der Waals surface area (Å²) in [4.78, 5) is 33.4. The molecule has 1 aromatic carbocycles. The van der Waals surface area contributed by atoms with E-state index < -0.39 is 0 Å². The van der Waals surface area contributed by atoms with Crippen LogP contribution in [0.2, 0.25) is 0 Å². The van der Waals surface area contributed by atoms with Gasteiger partial charge in [0.2, 0.25) is 0 Å². The van der Waals surface area contributed by atoms with Crippen LogP contribution in [0.5, 0.6) is 0 Å². The Morgan fingerprint density at radius 1 is 1.38 bits per heavy atom. The van der Waals surface area contributed by atoms with Crippen molar-refractivity contribution in [3.05, 3.63) is 57.8 Å². The molecular weight excluding hydrogens is 306 g/mol. The lowest BCUT2D eigenvalue weighted by atomic mass is 10.0. The molecule has 1 amide bonds. The number of rotatable bonds is 2. The maximum Gasteiger partial charge on any atom is 0.273 e. The first kappa shape index (κ1) is 14.6. The highest BCUT2D eigenvalue weighted by molar-refractivity contribution is 6.03. The number of aryl methyl sites for hydroxylation is 1. The first-order valence-corrected chi connectivity index (χ1v) is 7.94. The van der Waals surface area contributed by atoms with Gasteiger partial charge in [-0.05, 0) is 25.3 Å². The van der Waals surface area contributed by atoms with Gasteiger partial charge in [0.25, 0.3) is 11.5 Å². The molecule has 3 heterocycles. The topological polar surface area (TPSA) is 94.7 Å². The SMILES string of the molecule is Cc1cccc(C2CCCN2C(=O)c2[nH]nc3nc[nH]c(=O)c23)c1. The van der Waals surface area contributed by atoms with Gasteiger partial charge in [-0.25, -0.2) is 4.98 Å². The van der Waals surface area contributed by atoms with Crippen LogP contribution in [0.4, 0.5) is 0 Å². The van der Waals surface area contributed by atoms with E-state index in [9.17, 15) is 9.59 Å². The lowest BCUT2D eigenvalue weighted by molar-refractivity contribution is 0.0731. The quantitative estimate of drug-likeness (QED) is 0.753. The lowest BCUT2D eigenvalue weighted by Crippen LogP contribution is -2.31. The number of hydrogen-bond acceptors (Lipinski definition) is 4. The van der Waals surface area contributed by atoms with Crippen molar-refractivity contribution in [2.75, 3.05) is 6.54 Å². The second-order valence-electron chi connectivity index (χ2n) is 6.10. The van der Waals surface area contributed by atoms with Gasteiger partial charge < -0.3 is 9.88 Å². The first-order chi connectivity index (χ1) is 11.6. The molecular formula is C17H17N5O2. The number of carbonyl (C=O) groups excluding carboxylic acids is 1. The van der Waals surface area contributed by atoms with Crippen LogP contribution < -0.4 is 5.56 Å². The van der Waals surface area contributed by atoms with E-state index in [1.54, 1.807) is 0 Å². The van der Waals surface area contributed by atoms with Crippen molar-refractivity contribution in [1.29, 1.82) is 0 Å². The molecule has 1 aliphatic heterocycles. The van der Waals surface area contributed by atoms with Crippen molar-refractivity contribution in [1.82, 2.24) is 25.1 Å². The Balaban J connectivity index is 1.74. The van der Waals surface area contributed by atoms with Crippen molar-refractivity contribution in [2.24, 2.45) is 0 Å². The summed E-state index contributed by atoms with van der Waals surface area (Å²) in [6.45, 7) is 2.70. The standard InChI is InChI=1S/C17H17N5O2/c1-10-4-2-5-11(8-10)12-6-3-7-22(12)17(24)14-13-15(21-20-14)18-9-19-16(13)23/h2,4-5,8-9,12H,3,6-7H2,1H3,(H2,18,19,20,21,23). The fraction of sp³-hybridized carbons (Fsp3) is 0.294. The second kappa shape index (κ2) is 5.59. The van der Waals surface area contributed by atoms with Crippen molar-refractivity contribution in [2.45, 2.75) is 25.8 Å². The van der Waals surface area contributed by atoms with Gasteiger partial charge >= 0.3 is 0 Å². The number of aromatic nitrogens is 4. The lowest BCUT2D eigenvalue weighted by Gasteiger charge is -2.24. The zero-order valence-corrected chi connectivity index (χ0v) is 13.2. The molecule has 1 saturated heterocycles. The zero-order chi connectivity index (χ0) is 16.7. The number of likely N-dealkylation sites (tertiary alicyclic amines) is 1. The molecule has 0 bridgehead atoms. The smallest absolute Gasteiger partial charge is 0.273 e. The van der Waals surface area contributed by atoms with Crippen LogP contribution in [-0.4, -0.2) is 37.5 Å². The Bertz CT molecular complexity index is 974. The van der Waals surface area contributed by atoms with Gasteiger partial charge in [0.05, 0.1) is 12.4 Å². The number of fused-ring (bicyclic) bond motifs is 1. The maximum absolute atomic E-state index is 13.0. The number of aromatic amines is 2. The van der Waals surface area contributed by atoms with Gasteiger partial charge in [0.1, 0.15) is 11.1 Å². The summed E-state index contributed by atoms with van der Waals surface area (Å²) in [5.41, 5.74) is 2.40. The van der Waals surface area contributed by atoms with E-state index in [4.69, 9.17) is 0 Å². The Kier molecular flexibility index (Phi) is 3.41. The molecule has 1 atom stereocenters. The monoisotopic (exact) mass is 323 g/mol. The summed E-state index contributed by atoms with van der Waals surface area (Å²) in [5.74, 6) is -0.208. The molecule has 4 rings (SSSR count). The van der Waals surface area contributed by atoms with E-state index in [-0.39, 0.29) is 34.2 Å². The van der Waals surface area contributed by atoms with Crippen LogP contribution in [0.25, 0.3) is 11.0 Å². The number of carbonyl (C=O) groups is 1. The van der Waals surface area contributed by atoms with E-state index in [0.29, 0.717) is 6.54 Å². The minimum Gasteiger partial charge on any atom is -0.330 e. The molecule has 7 nitrogen and oxygen atoms in total. The van der Waals surface area contributed by atoms with Crippen molar-refractivity contribution >= 4 is 16.9 Å². The average molecular weight is 323 g/mol. The Morgan fingerprint density at radius 3 is 3.08 bits per heavy atom. The number of H-pyrrole nitrogens is 2. The van der Waals surface area contributed by atoms with E-state index in [1.165, 1.54) is 11.9 Å². The highest BCUT2D eigenvalue weighted by Gasteiger charge is 2.32. The summed E-state index contributed by atoms with van der Waals surface area (Å²) >= 11 is 0. The van der Waals surface area contributed by atoms with Gasteiger partial charge in [-0.3, -0.25) is 14.7 Å². The van der Waals surface area contributed by atoms with Crippen molar-refractivity contribution in [3.63, 3.8) is 0 Å². The molecule has 2 N–H and O–H groups in total. The van der Waals surface area contributed by atoms with Gasteiger partial charge in [0.15, 0.2) is 5.65 Å². The summed E-state index contributed by atoms with van der Waals surface area (Å²) in [6, 6.07) is 8.22. The first-order valence-electron chi connectivity index (χ1n) is 7.94. The third-order valence-corrected chi connectivity index (χ3v) is 4.51. The van der Waals surface area contributed by atoms with E-state index >= 15 is 0 Å². The maximum atomic E-state index is 13.0. The Labute approximate surface area is 137 Å². The third kappa shape index (κ3) is 2.29. The van der Waals surface area contributed by atoms with Crippen LogP contribution in [0.15, 0.2) is 35.4 Å². The number of benzene rings is 1. The molecule has 3 aromatic rings. The number of amides is 1. The highest BCUT2D eigenvalue weighted by atomic mass is 16.2. The molecule has 0 aliphatic carbocycles. The minimum absolute atomic E-state index is 0.0199. The molecule has 1 fully saturated rings. The van der Waals surface area contributed by atoms with Gasteiger partial charge in [-0.15, -0.1) is 0 Å². The van der Waals surface area contributed by atoms with E-state index in [2.05, 4.69) is 26.2 Å². The molecule has 7 heteroatoms. The van der Waals surface area contributed by atoms with E-state index in [1.807, 2.05) is 30.0 Å². The van der Waals surface area contributed by atoms with Crippen molar-refractivity contribution in [3.8, 4) is 0 Å². The molecule has 0 spiro atoms. The van der Waals surface area contributed by atoms with Gasteiger partial charge in [0, 0.05) is 6.54 Å². The van der Waals surface area contributed by atoms with E-state index in [0.717, 1.165) is 18.4 Å². The van der Waals surface area contributed by atoms with Crippen LogP contribution in [0.1, 0.15) is 40.5 Å². The molecule has 2 aromatic heterocycles. The Morgan fingerprint density at radius 2 is 2.25 bits per heavy atom. The molecule has 1 unspecified atom stereocenters. The third-order valence-electron chi connectivity index (χ3n) is 4.51. The predicted octanol–water partition coefficient (Wildman–Crippen LogP) is 1.93. The summed E-state index contributed by atoms with van der Waals surface area (Å²) < 4.78 is 0. The van der Waals surface area contributed by atoms with Gasteiger partial charge in [-0.2, -0.15) is 5.10 Å². The summed E-state index contributed by atoms with van der Waals surface area (Å²) in [6.07, 6.45) is 3.13. The fourth-order valence-electron chi connectivity index (χ4n) is 3.40.